The number of ether oxygens (including phenoxy) is 4. The van der Waals surface area contributed by atoms with Crippen molar-refractivity contribution < 1.29 is 47.6 Å². The third-order valence-corrected chi connectivity index (χ3v) is 8.33. The highest BCUT2D eigenvalue weighted by atomic mass is 16.5. The van der Waals surface area contributed by atoms with Crippen LogP contribution in [0.4, 0.5) is 0 Å². The third-order valence-electron chi connectivity index (χ3n) is 8.33. The summed E-state index contributed by atoms with van der Waals surface area (Å²) in [5.41, 5.74) is 4.86. The normalized spacial score (nSPS) is 12.4. The second kappa shape index (κ2) is 18.2. The fourth-order valence-corrected chi connectivity index (χ4v) is 5.59. The Hall–Kier alpha value is -5.46. The first-order valence-corrected chi connectivity index (χ1v) is 17.3. The SMILES string of the molecule is CCO[C@@H](Cc1ccc(OCCc2nc(-c3cccc(-c4nc(CCOc5ccc(C[C@H](OCC)C(=O)O)cc5)c(C)o4)c3)oc2C)cc1)C(=O)O. The summed E-state index contributed by atoms with van der Waals surface area (Å²) in [5, 5.41) is 18.7. The number of aryl methyl sites for hydroxylation is 2. The number of aromatic nitrogens is 2. The molecule has 0 aliphatic heterocycles. The average molecular weight is 713 g/mol. The molecule has 52 heavy (non-hydrogen) atoms. The van der Waals surface area contributed by atoms with Crippen molar-refractivity contribution in [2.45, 2.75) is 65.6 Å². The van der Waals surface area contributed by atoms with Gasteiger partial charge in [-0.3, -0.25) is 0 Å². The van der Waals surface area contributed by atoms with Crippen LogP contribution in [-0.4, -0.2) is 70.8 Å². The lowest BCUT2D eigenvalue weighted by Crippen LogP contribution is -2.26. The molecule has 0 bridgehead atoms. The molecule has 0 spiro atoms. The minimum absolute atomic E-state index is 0.282. The zero-order valence-electron chi connectivity index (χ0n) is 29.8. The Morgan fingerprint density at radius 2 is 1.06 bits per heavy atom. The van der Waals surface area contributed by atoms with E-state index in [-0.39, 0.29) is 12.8 Å². The third kappa shape index (κ3) is 10.3. The molecule has 2 heterocycles. The van der Waals surface area contributed by atoms with Gasteiger partial charge in [-0.1, -0.05) is 30.3 Å². The van der Waals surface area contributed by atoms with E-state index in [4.69, 9.17) is 37.7 Å². The van der Waals surface area contributed by atoms with Gasteiger partial charge in [0, 0.05) is 50.0 Å². The topological polar surface area (TPSA) is 164 Å². The highest BCUT2D eigenvalue weighted by molar-refractivity contribution is 5.73. The first-order chi connectivity index (χ1) is 25.1. The summed E-state index contributed by atoms with van der Waals surface area (Å²) in [6.07, 6.45) is -0.117. The van der Waals surface area contributed by atoms with Gasteiger partial charge < -0.3 is 38.0 Å². The van der Waals surface area contributed by atoms with Crippen LogP contribution in [0.25, 0.3) is 22.9 Å². The van der Waals surface area contributed by atoms with Crippen molar-refractivity contribution in [1.82, 2.24) is 9.97 Å². The Kier molecular flexibility index (Phi) is 13.2. The fourth-order valence-electron chi connectivity index (χ4n) is 5.59. The molecular weight excluding hydrogens is 668 g/mol. The molecule has 12 nitrogen and oxygen atoms in total. The minimum atomic E-state index is -0.981. The maximum absolute atomic E-state index is 11.4. The van der Waals surface area contributed by atoms with E-state index in [2.05, 4.69) is 0 Å². The van der Waals surface area contributed by atoms with Crippen molar-refractivity contribution in [3.8, 4) is 34.4 Å². The number of aliphatic carboxylic acids is 2. The lowest BCUT2D eigenvalue weighted by Gasteiger charge is -2.12. The monoisotopic (exact) mass is 712 g/mol. The van der Waals surface area contributed by atoms with Crippen LogP contribution in [0.3, 0.4) is 0 Å². The van der Waals surface area contributed by atoms with E-state index in [0.29, 0.717) is 74.1 Å². The van der Waals surface area contributed by atoms with Crippen LogP contribution in [-0.2, 0) is 44.7 Å². The second-order valence-electron chi connectivity index (χ2n) is 12.1. The molecule has 2 atom stereocenters. The highest BCUT2D eigenvalue weighted by Crippen LogP contribution is 2.29. The van der Waals surface area contributed by atoms with Gasteiger partial charge in [0.15, 0.2) is 12.2 Å². The summed E-state index contributed by atoms with van der Waals surface area (Å²) in [6.45, 7) is 8.74. The summed E-state index contributed by atoms with van der Waals surface area (Å²) in [4.78, 5) is 32.2. The molecule has 0 radical (unpaired) electrons. The molecule has 0 saturated heterocycles. The largest absolute Gasteiger partial charge is 0.493 e. The van der Waals surface area contributed by atoms with E-state index in [0.717, 1.165) is 33.6 Å². The van der Waals surface area contributed by atoms with Crippen molar-refractivity contribution in [1.29, 1.82) is 0 Å². The maximum Gasteiger partial charge on any atom is 0.333 e. The number of hydrogen-bond acceptors (Lipinski definition) is 10. The van der Waals surface area contributed by atoms with Crippen LogP contribution in [0.1, 0.15) is 47.9 Å². The predicted octanol–water partition coefficient (Wildman–Crippen LogP) is 6.92. The molecule has 12 heteroatoms. The number of carboxylic acids is 2. The molecule has 274 valence electrons. The van der Waals surface area contributed by atoms with Crippen LogP contribution < -0.4 is 9.47 Å². The summed E-state index contributed by atoms with van der Waals surface area (Å²) >= 11 is 0. The van der Waals surface area contributed by atoms with Crippen molar-refractivity contribution in [2.24, 2.45) is 0 Å². The molecular formula is C40H44N2O10. The van der Waals surface area contributed by atoms with Crippen molar-refractivity contribution in [3.05, 3.63) is 107 Å². The number of carboxylic acid groups (broad SMARTS) is 2. The maximum atomic E-state index is 11.4. The molecule has 2 aromatic heterocycles. The van der Waals surface area contributed by atoms with Crippen LogP contribution >= 0.6 is 0 Å². The summed E-state index contributed by atoms with van der Waals surface area (Å²) < 4.78 is 34.5. The Labute approximate surface area is 302 Å². The van der Waals surface area contributed by atoms with E-state index in [1.165, 1.54) is 0 Å². The molecule has 0 saturated carbocycles. The Balaban J connectivity index is 1.13. The second-order valence-corrected chi connectivity index (χ2v) is 12.1. The van der Waals surface area contributed by atoms with Gasteiger partial charge in [-0.05, 0) is 81.3 Å². The summed E-state index contributed by atoms with van der Waals surface area (Å²) in [6, 6.07) is 22.3. The van der Waals surface area contributed by atoms with Gasteiger partial charge in [-0.15, -0.1) is 0 Å². The standard InChI is InChI=1S/C40H44N2O10/c1-5-47-35(39(43)44)22-27-10-14-31(15-11-27)49-20-18-33-25(3)51-37(41-33)29-8-7-9-30(24-29)38-42-34(26(4)52-38)19-21-50-32-16-12-28(13-17-32)23-36(40(45)46)48-6-2/h7-17,24,35-36H,5-6,18-23H2,1-4H3,(H,43,44)(H,45,46)/t35-,36-/m0/s1. The summed E-state index contributed by atoms with van der Waals surface area (Å²) in [7, 11) is 0. The molecule has 5 rings (SSSR count). The number of oxazole rings is 2. The van der Waals surface area contributed by atoms with Gasteiger partial charge >= 0.3 is 11.9 Å². The molecule has 0 unspecified atom stereocenters. The average Bonchev–Trinajstić information content (AvgIpc) is 3.70. The fraction of sp³-hybridized carbons (Fsp3) is 0.350. The molecule has 0 aliphatic rings. The lowest BCUT2D eigenvalue weighted by molar-refractivity contribution is -0.150. The highest BCUT2D eigenvalue weighted by Gasteiger charge is 2.20. The van der Waals surface area contributed by atoms with Crippen LogP contribution in [0, 0.1) is 13.8 Å². The smallest absolute Gasteiger partial charge is 0.333 e. The summed E-state index contributed by atoms with van der Waals surface area (Å²) in [5.74, 6) is 1.77. The molecule has 0 amide bonds. The van der Waals surface area contributed by atoms with Crippen molar-refractivity contribution in [3.63, 3.8) is 0 Å². The van der Waals surface area contributed by atoms with E-state index in [1.807, 2.05) is 86.6 Å². The predicted molar refractivity (Wildman–Crippen MR) is 192 cm³/mol. The van der Waals surface area contributed by atoms with Gasteiger partial charge in [0.2, 0.25) is 11.8 Å². The molecule has 0 aliphatic carbocycles. The number of benzene rings is 3. The molecule has 0 fully saturated rings. The van der Waals surface area contributed by atoms with Crippen LogP contribution in [0.2, 0.25) is 0 Å². The zero-order chi connectivity index (χ0) is 37.0. The van der Waals surface area contributed by atoms with E-state index in [9.17, 15) is 19.8 Å². The van der Waals surface area contributed by atoms with E-state index < -0.39 is 24.1 Å². The van der Waals surface area contributed by atoms with Gasteiger partial charge in [-0.2, -0.15) is 0 Å². The van der Waals surface area contributed by atoms with Crippen molar-refractivity contribution >= 4 is 11.9 Å². The van der Waals surface area contributed by atoms with Crippen LogP contribution in [0.5, 0.6) is 11.5 Å². The number of nitrogens with zero attached hydrogens (tertiary/aromatic N) is 2. The molecule has 5 aromatic rings. The quantitative estimate of drug-likeness (QED) is 0.0858. The van der Waals surface area contributed by atoms with E-state index in [1.54, 1.807) is 13.8 Å². The van der Waals surface area contributed by atoms with Gasteiger partial charge in [-0.25, -0.2) is 19.6 Å². The zero-order valence-corrected chi connectivity index (χ0v) is 29.8. The van der Waals surface area contributed by atoms with Gasteiger partial charge in [0.05, 0.1) is 24.6 Å². The van der Waals surface area contributed by atoms with E-state index >= 15 is 0 Å². The first-order valence-electron chi connectivity index (χ1n) is 17.3. The van der Waals surface area contributed by atoms with Gasteiger partial charge in [0.1, 0.15) is 23.0 Å². The number of carbonyl (C=O) groups is 2. The Morgan fingerprint density at radius 1 is 0.654 bits per heavy atom. The molecule has 2 N–H and O–H groups in total. The number of rotatable bonds is 20. The lowest BCUT2D eigenvalue weighted by atomic mass is 10.1. The van der Waals surface area contributed by atoms with Gasteiger partial charge in [0.25, 0.3) is 0 Å². The Bertz CT molecular complexity index is 1780. The molecule has 3 aromatic carbocycles. The minimum Gasteiger partial charge on any atom is -0.493 e. The Morgan fingerprint density at radius 3 is 1.42 bits per heavy atom. The number of hydrogen-bond donors (Lipinski definition) is 2. The van der Waals surface area contributed by atoms with Crippen LogP contribution in [0.15, 0.2) is 81.6 Å². The first kappa shape index (κ1) is 37.8. The van der Waals surface area contributed by atoms with Crippen molar-refractivity contribution in [2.75, 3.05) is 26.4 Å².